The molecule has 3 aromatic rings. The van der Waals surface area contributed by atoms with Crippen molar-refractivity contribution in [1.29, 1.82) is 0 Å². The summed E-state index contributed by atoms with van der Waals surface area (Å²) in [5.74, 6) is 0. The van der Waals surface area contributed by atoms with Crippen LogP contribution < -0.4 is 15.9 Å². The summed E-state index contributed by atoms with van der Waals surface area (Å²) in [6, 6.07) is 18.6. The number of hydrogen-bond acceptors (Lipinski definition) is 9. The Hall–Kier alpha value is -2.47. The van der Waals surface area contributed by atoms with Crippen LogP contribution in [0.15, 0.2) is 85.2 Å². The standard InChI is InChI=1S/C31H38N4O4S2/c1-21-16-33(17-22(2)39-21)18-24(20-37-3)32-23-10-11-27-29(15-23)40-28-8-6-7-25(31(28)41-27)26-19-34(13-14-38-26)35-12-5-4-9-30(35)36/h4-12,15,21-22,24,26,32H,13-14,16-20H2,1-3H3/t21-,22+,24-,26?/m0/s1. The van der Waals surface area contributed by atoms with E-state index in [4.69, 9.17) is 14.2 Å². The van der Waals surface area contributed by atoms with Gasteiger partial charge in [0.1, 0.15) is 6.10 Å². The van der Waals surface area contributed by atoms with E-state index in [1.165, 1.54) is 25.1 Å². The molecule has 0 spiro atoms. The third-order valence-corrected chi connectivity index (χ3v) is 10.2. The molecule has 0 saturated carbocycles. The number of methoxy groups -OCH3 is 1. The fraction of sp³-hybridized carbons (Fsp3) is 0.452. The minimum atomic E-state index is -0.109. The quantitative estimate of drug-likeness (QED) is 0.312. The zero-order chi connectivity index (χ0) is 28.3. The molecule has 2 fully saturated rings. The summed E-state index contributed by atoms with van der Waals surface area (Å²) in [7, 11) is 1.76. The smallest absolute Gasteiger partial charge is 0.268 e. The van der Waals surface area contributed by atoms with Gasteiger partial charge in [-0.3, -0.25) is 9.69 Å². The SMILES string of the molecule is COC[C@H](CN1C[C@@H](C)O[C@@H](C)C1)Nc1ccc2c(c1)Sc1cccc(C3CN(n4ccccc4=O)CCO3)c1S2. The number of rotatable bonds is 8. The lowest BCUT2D eigenvalue weighted by Crippen LogP contribution is -2.50. The zero-order valence-electron chi connectivity index (χ0n) is 23.8. The Kier molecular flexibility index (Phi) is 8.95. The van der Waals surface area contributed by atoms with Gasteiger partial charge in [-0.2, -0.15) is 0 Å². The first-order valence-electron chi connectivity index (χ1n) is 14.3. The van der Waals surface area contributed by atoms with Crippen molar-refractivity contribution >= 4 is 29.2 Å². The lowest BCUT2D eigenvalue weighted by atomic mass is 10.1. The van der Waals surface area contributed by atoms with Crippen molar-refractivity contribution in [3.8, 4) is 0 Å². The molecule has 1 N–H and O–H groups in total. The fourth-order valence-electron chi connectivity index (χ4n) is 5.96. The summed E-state index contributed by atoms with van der Waals surface area (Å²) >= 11 is 3.62. The molecular weight excluding hydrogens is 556 g/mol. The van der Waals surface area contributed by atoms with Crippen LogP contribution in [0.25, 0.3) is 0 Å². The van der Waals surface area contributed by atoms with Crippen molar-refractivity contribution in [1.82, 2.24) is 9.58 Å². The van der Waals surface area contributed by atoms with Gasteiger partial charge in [0.2, 0.25) is 0 Å². The van der Waals surface area contributed by atoms with Gasteiger partial charge in [0, 0.05) is 64.3 Å². The highest BCUT2D eigenvalue weighted by Crippen LogP contribution is 2.51. The van der Waals surface area contributed by atoms with Gasteiger partial charge in [-0.25, -0.2) is 4.68 Å². The Morgan fingerprint density at radius 1 is 1.00 bits per heavy atom. The molecule has 0 amide bonds. The summed E-state index contributed by atoms with van der Waals surface area (Å²) < 4.78 is 19.5. The van der Waals surface area contributed by atoms with Crippen LogP contribution in [0.3, 0.4) is 0 Å². The maximum absolute atomic E-state index is 12.4. The van der Waals surface area contributed by atoms with E-state index >= 15 is 0 Å². The van der Waals surface area contributed by atoms with Gasteiger partial charge < -0.3 is 24.5 Å². The Balaban J connectivity index is 1.17. The molecule has 10 heteroatoms. The van der Waals surface area contributed by atoms with Crippen LogP contribution in [0.4, 0.5) is 5.69 Å². The molecule has 1 aromatic heterocycles. The van der Waals surface area contributed by atoms with Crippen LogP contribution in [0.5, 0.6) is 0 Å². The average molecular weight is 595 g/mol. The van der Waals surface area contributed by atoms with E-state index in [-0.39, 0.29) is 29.9 Å². The second-order valence-corrected chi connectivity index (χ2v) is 13.1. The Bertz CT molecular complexity index is 1410. The topological polar surface area (TPSA) is 68.2 Å². The van der Waals surface area contributed by atoms with Crippen molar-refractivity contribution in [3.05, 3.63) is 76.7 Å². The van der Waals surface area contributed by atoms with E-state index in [9.17, 15) is 4.79 Å². The predicted molar refractivity (Wildman–Crippen MR) is 164 cm³/mol. The van der Waals surface area contributed by atoms with Crippen LogP contribution in [0.2, 0.25) is 0 Å². The van der Waals surface area contributed by atoms with E-state index in [2.05, 4.69) is 65.5 Å². The molecule has 2 saturated heterocycles. The highest BCUT2D eigenvalue weighted by Gasteiger charge is 2.29. The van der Waals surface area contributed by atoms with Crippen LogP contribution in [0.1, 0.15) is 25.5 Å². The van der Waals surface area contributed by atoms with E-state index in [1.54, 1.807) is 23.9 Å². The molecule has 0 radical (unpaired) electrons. The number of benzene rings is 2. The number of nitrogens with zero attached hydrogens (tertiary/aromatic N) is 3. The molecule has 0 aliphatic carbocycles. The number of nitrogens with one attached hydrogen (secondary N) is 1. The van der Waals surface area contributed by atoms with Gasteiger partial charge >= 0.3 is 0 Å². The summed E-state index contributed by atoms with van der Waals surface area (Å²) in [6.45, 7) is 9.59. The molecular formula is C31H38N4O4S2. The number of pyridine rings is 1. The second kappa shape index (κ2) is 12.8. The third kappa shape index (κ3) is 6.63. The van der Waals surface area contributed by atoms with E-state index in [1.807, 2.05) is 35.8 Å². The molecule has 6 rings (SSSR count). The lowest BCUT2D eigenvalue weighted by Gasteiger charge is -2.37. The van der Waals surface area contributed by atoms with Gasteiger partial charge in [-0.15, -0.1) is 0 Å². The van der Waals surface area contributed by atoms with Crippen LogP contribution >= 0.6 is 23.5 Å². The summed E-state index contributed by atoms with van der Waals surface area (Å²) in [5.41, 5.74) is 2.26. The fourth-order valence-corrected chi connectivity index (χ4v) is 8.41. The molecule has 1 unspecified atom stereocenters. The van der Waals surface area contributed by atoms with Crippen molar-refractivity contribution in [2.45, 2.75) is 57.8 Å². The summed E-state index contributed by atoms with van der Waals surface area (Å²) in [4.78, 5) is 19.9. The third-order valence-electron chi connectivity index (χ3n) is 7.60. The van der Waals surface area contributed by atoms with Gasteiger partial charge in [-0.05, 0) is 49.7 Å². The maximum Gasteiger partial charge on any atom is 0.268 e. The van der Waals surface area contributed by atoms with Crippen molar-refractivity contribution < 1.29 is 14.2 Å². The number of ether oxygens (including phenoxy) is 3. The molecule has 3 aliphatic rings. The number of fused-ring (bicyclic) bond motifs is 2. The van der Waals surface area contributed by atoms with Gasteiger partial charge in [-0.1, -0.05) is 41.7 Å². The minimum absolute atomic E-state index is 0.0201. The molecule has 218 valence electrons. The number of morpholine rings is 2. The van der Waals surface area contributed by atoms with E-state index in [0.717, 1.165) is 25.3 Å². The molecule has 4 heterocycles. The molecule has 0 bridgehead atoms. The monoisotopic (exact) mass is 594 g/mol. The first-order chi connectivity index (χ1) is 20.0. The van der Waals surface area contributed by atoms with Crippen molar-refractivity contribution in [2.24, 2.45) is 0 Å². The predicted octanol–water partition coefficient (Wildman–Crippen LogP) is 4.71. The lowest BCUT2D eigenvalue weighted by molar-refractivity contribution is -0.0698. The molecule has 2 aromatic carbocycles. The molecule has 41 heavy (non-hydrogen) atoms. The first-order valence-corrected chi connectivity index (χ1v) is 15.9. The first kappa shape index (κ1) is 28.6. The number of anilines is 1. The van der Waals surface area contributed by atoms with Gasteiger partial charge in [0.05, 0.1) is 44.6 Å². The highest BCUT2D eigenvalue weighted by molar-refractivity contribution is 8.05. The largest absolute Gasteiger partial charge is 0.383 e. The Morgan fingerprint density at radius 3 is 2.66 bits per heavy atom. The van der Waals surface area contributed by atoms with Crippen LogP contribution in [0, 0.1) is 0 Å². The average Bonchev–Trinajstić information content (AvgIpc) is 2.96. The van der Waals surface area contributed by atoms with Crippen LogP contribution in [-0.4, -0.2) is 80.9 Å². The minimum Gasteiger partial charge on any atom is -0.383 e. The normalized spacial score (nSPS) is 23.5. The van der Waals surface area contributed by atoms with Crippen molar-refractivity contribution in [3.63, 3.8) is 0 Å². The second-order valence-electron chi connectivity index (χ2n) is 11.0. The number of hydrogen-bond donors (Lipinski definition) is 1. The zero-order valence-corrected chi connectivity index (χ0v) is 25.5. The van der Waals surface area contributed by atoms with E-state index in [0.29, 0.717) is 26.3 Å². The highest BCUT2D eigenvalue weighted by atomic mass is 32.2. The molecule has 3 aliphatic heterocycles. The maximum atomic E-state index is 12.4. The Morgan fingerprint density at radius 2 is 1.85 bits per heavy atom. The number of aromatic nitrogens is 1. The van der Waals surface area contributed by atoms with Crippen molar-refractivity contribution in [2.75, 3.05) is 63.4 Å². The van der Waals surface area contributed by atoms with Gasteiger partial charge in [0.15, 0.2) is 0 Å². The van der Waals surface area contributed by atoms with Crippen LogP contribution in [-0.2, 0) is 14.2 Å². The molecule has 4 atom stereocenters. The van der Waals surface area contributed by atoms with Gasteiger partial charge in [0.25, 0.3) is 5.56 Å². The summed E-state index contributed by atoms with van der Waals surface area (Å²) in [6.07, 6.45) is 2.21. The summed E-state index contributed by atoms with van der Waals surface area (Å²) in [5, 5.41) is 5.82. The molecule has 8 nitrogen and oxygen atoms in total. The van der Waals surface area contributed by atoms with E-state index < -0.39 is 0 Å². The Labute approximate surface area is 250 Å².